The topological polar surface area (TPSA) is 41.1 Å². The fraction of sp³-hybridized carbons (Fsp3) is 0.667. The highest BCUT2D eigenvalue weighted by molar-refractivity contribution is 5.73. The SMILES string of the molecule is O=C1NC/C=C\CCCCCN1. The summed E-state index contributed by atoms with van der Waals surface area (Å²) in [4.78, 5) is 11.0. The first-order valence-corrected chi connectivity index (χ1v) is 4.56. The lowest BCUT2D eigenvalue weighted by Gasteiger charge is -2.03. The maximum Gasteiger partial charge on any atom is 0.315 e. The minimum atomic E-state index is -0.0541. The highest BCUT2D eigenvalue weighted by atomic mass is 16.2. The molecule has 0 aliphatic carbocycles. The van der Waals surface area contributed by atoms with Gasteiger partial charge in [0.15, 0.2) is 0 Å². The van der Waals surface area contributed by atoms with Crippen LogP contribution < -0.4 is 10.6 Å². The molecule has 2 amide bonds. The van der Waals surface area contributed by atoms with Crippen molar-refractivity contribution in [2.45, 2.75) is 25.7 Å². The Morgan fingerprint density at radius 1 is 1.08 bits per heavy atom. The van der Waals surface area contributed by atoms with Gasteiger partial charge in [-0.05, 0) is 19.3 Å². The molecule has 0 aromatic rings. The van der Waals surface area contributed by atoms with Crippen molar-refractivity contribution in [3.05, 3.63) is 12.2 Å². The minimum Gasteiger partial charge on any atom is -0.338 e. The number of carbonyl (C=O) groups is 1. The Balaban J connectivity index is 2.27. The molecule has 1 rings (SSSR count). The summed E-state index contributed by atoms with van der Waals surface area (Å²) in [6, 6.07) is -0.0541. The van der Waals surface area contributed by atoms with E-state index in [-0.39, 0.29) is 6.03 Å². The van der Waals surface area contributed by atoms with Crippen molar-refractivity contribution in [2.24, 2.45) is 0 Å². The Bertz CT molecular complexity index is 166. The van der Waals surface area contributed by atoms with Gasteiger partial charge in [-0.25, -0.2) is 4.79 Å². The Morgan fingerprint density at radius 2 is 2.00 bits per heavy atom. The van der Waals surface area contributed by atoms with Gasteiger partial charge in [-0.1, -0.05) is 18.6 Å². The van der Waals surface area contributed by atoms with Crippen LogP contribution in [0.5, 0.6) is 0 Å². The molecule has 3 heteroatoms. The first-order valence-electron chi connectivity index (χ1n) is 4.56. The van der Waals surface area contributed by atoms with Crippen LogP contribution in [0.15, 0.2) is 12.2 Å². The van der Waals surface area contributed by atoms with Gasteiger partial charge in [0, 0.05) is 13.1 Å². The van der Waals surface area contributed by atoms with Gasteiger partial charge in [-0.15, -0.1) is 0 Å². The van der Waals surface area contributed by atoms with Gasteiger partial charge in [0.25, 0.3) is 0 Å². The number of hydrogen-bond acceptors (Lipinski definition) is 1. The molecule has 0 spiro atoms. The van der Waals surface area contributed by atoms with Gasteiger partial charge in [0.05, 0.1) is 0 Å². The predicted molar refractivity (Wildman–Crippen MR) is 49.0 cm³/mol. The third kappa shape index (κ3) is 4.01. The van der Waals surface area contributed by atoms with Crippen LogP contribution in [0.25, 0.3) is 0 Å². The Kier molecular flexibility index (Phi) is 4.27. The molecule has 3 nitrogen and oxygen atoms in total. The van der Waals surface area contributed by atoms with Crippen molar-refractivity contribution < 1.29 is 4.79 Å². The molecule has 68 valence electrons. The molecular formula is C9H16N2O. The van der Waals surface area contributed by atoms with Crippen molar-refractivity contribution in [3.63, 3.8) is 0 Å². The normalized spacial score (nSPS) is 23.2. The van der Waals surface area contributed by atoms with Crippen LogP contribution in [-0.2, 0) is 0 Å². The largest absolute Gasteiger partial charge is 0.338 e. The number of allylic oxidation sites excluding steroid dienone is 1. The molecule has 0 aromatic carbocycles. The van der Waals surface area contributed by atoms with Crippen LogP contribution in [0, 0.1) is 0 Å². The number of rotatable bonds is 0. The molecule has 1 aliphatic heterocycles. The molecule has 0 saturated carbocycles. The molecule has 1 heterocycles. The van der Waals surface area contributed by atoms with E-state index in [1.165, 1.54) is 12.8 Å². The highest BCUT2D eigenvalue weighted by Crippen LogP contribution is 2.00. The summed E-state index contributed by atoms with van der Waals surface area (Å²) in [5.41, 5.74) is 0. The Morgan fingerprint density at radius 3 is 2.92 bits per heavy atom. The van der Waals surface area contributed by atoms with Crippen molar-refractivity contribution >= 4 is 6.03 Å². The van der Waals surface area contributed by atoms with E-state index >= 15 is 0 Å². The third-order valence-electron chi connectivity index (χ3n) is 1.88. The summed E-state index contributed by atoms with van der Waals surface area (Å²) >= 11 is 0. The Labute approximate surface area is 73.2 Å². The number of carbonyl (C=O) groups excluding carboxylic acids is 1. The maximum absolute atomic E-state index is 11.0. The second-order valence-electron chi connectivity index (χ2n) is 2.96. The lowest BCUT2D eigenvalue weighted by Crippen LogP contribution is -2.35. The van der Waals surface area contributed by atoms with E-state index in [2.05, 4.69) is 16.7 Å². The van der Waals surface area contributed by atoms with Gasteiger partial charge in [-0.3, -0.25) is 0 Å². The van der Waals surface area contributed by atoms with Crippen molar-refractivity contribution in [2.75, 3.05) is 13.1 Å². The van der Waals surface area contributed by atoms with Crippen LogP contribution in [0.2, 0.25) is 0 Å². The summed E-state index contributed by atoms with van der Waals surface area (Å²) in [5, 5.41) is 5.54. The van der Waals surface area contributed by atoms with E-state index in [0.717, 1.165) is 19.4 Å². The maximum atomic E-state index is 11.0. The van der Waals surface area contributed by atoms with Crippen LogP contribution in [-0.4, -0.2) is 19.1 Å². The van der Waals surface area contributed by atoms with E-state index in [1.807, 2.05) is 6.08 Å². The number of nitrogens with one attached hydrogen (secondary N) is 2. The van der Waals surface area contributed by atoms with Crippen LogP contribution in [0.1, 0.15) is 25.7 Å². The quantitative estimate of drug-likeness (QED) is 0.528. The summed E-state index contributed by atoms with van der Waals surface area (Å²) in [6.07, 6.45) is 8.78. The van der Waals surface area contributed by atoms with Crippen molar-refractivity contribution in [1.29, 1.82) is 0 Å². The molecule has 1 aliphatic rings. The van der Waals surface area contributed by atoms with Gasteiger partial charge in [-0.2, -0.15) is 0 Å². The van der Waals surface area contributed by atoms with E-state index in [1.54, 1.807) is 0 Å². The monoisotopic (exact) mass is 168 g/mol. The summed E-state index contributed by atoms with van der Waals surface area (Å²) < 4.78 is 0. The standard InChI is InChI=1S/C9H16N2O/c12-9-10-7-5-3-1-2-4-6-8-11-9/h3,5H,1-2,4,6-8H2,(H2,10,11,12)/b5-3-. The van der Waals surface area contributed by atoms with E-state index in [4.69, 9.17) is 0 Å². The predicted octanol–water partition coefficient (Wildman–Crippen LogP) is 1.42. The lowest BCUT2D eigenvalue weighted by molar-refractivity contribution is 0.241. The zero-order chi connectivity index (χ0) is 8.65. The summed E-state index contributed by atoms with van der Waals surface area (Å²) in [5.74, 6) is 0. The molecule has 0 radical (unpaired) electrons. The zero-order valence-corrected chi connectivity index (χ0v) is 7.31. The molecule has 0 saturated heterocycles. The molecule has 2 N–H and O–H groups in total. The van der Waals surface area contributed by atoms with E-state index < -0.39 is 0 Å². The van der Waals surface area contributed by atoms with Crippen molar-refractivity contribution in [1.82, 2.24) is 10.6 Å². The van der Waals surface area contributed by atoms with Gasteiger partial charge < -0.3 is 10.6 Å². The van der Waals surface area contributed by atoms with Gasteiger partial charge in [0.2, 0.25) is 0 Å². The summed E-state index contributed by atoms with van der Waals surface area (Å²) in [7, 11) is 0. The molecule has 0 fully saturated rings. The van der Waals surface area contributed by atoms with Crippen LogP contribution in [0.4, 0.5) is 4.79 Å². The summed E-state index contributed by atoms with van der Waals surface area (Å²) in [6.45, 7) is 1.44. The minimum absolute atomic E-state index is 0.0541. The number of hydrogen-bond donors (Lipinski definition) is 2. The molecule has 0 aromatic heterocycles. The van der Waals surface area contributed by atoms with Gasteiger partial charge >= 0.3 is 6.03 Å². The fourth-order valence-corrected chi connectivity index (χ4v) is 1.18. The molecule has 12 heavy (non-hydrogen) atoms. The second kappa shape index (κ2) is 5.63. The van der Waals surface area contributed by atoms with Gasteiger partial charge in [0.1, 0.15) is 0 Å². The second-order valence-corrected chi connectivity index (χ2v) is 2.96. The first-order chi connectivity index (χ1) is 5.89. The van der Waals surface area contributed by atoms with Crippen LogP contribution in [0.3, 0.4) is 0 Å². The molecule has 0 unspecified atom stereocenters. The fourth-order valence-electron chi connectivity index (χ4n) is 1.18. The zero-order valence-electron chi connectivity index (χ0n) is 7.31. The average Bonchev–Trinajstić information content (AvgIpc) is 2.11. The number of amides is 2. The average molecular weight is 168 g/mol. The molecule has 0 atom stereocenters. The van der Waals surface area contributed by atoms with Crippen LogP contribution >= 0.6 is 0 Å². The lowest BCUT2D eigenvalue weighted by atomic mass is 10.2. The Hall–Kier alpha value is -0.990. The number of urea groups is 1. The van der Waals surface area contributed by atoms with Crippen molar-refractivity contribution in [3.8, 4) is 0 Å². The first kappa shape index (κ1) is 9.10. The van der Waals surface area contributed by atoms with E-state index in [9.17, 15) is 4.79 Å². The highest BCUT2D eigenvalue weighted by Gasteiger charge is 1.97. The third-order valence-corrected chi connectivity index (χ3v) is 1.88. The molecular weight excluding hydrogens is 152 g/mol. The smallest absolute Gasteiger partial charge is 0.315 e. The van der Waals surface area contributed by atoms with E-state index in [0.29, 0.717) is 6.54 Å². The molecule has 0 bridgehead atoms.